The molecule has 1 amide bonds. The van der Waals surface area contributed by atoms with Gasteiger partial charge in [-0.2, -0.15) is 0 Å². The minimum absolute atomic E-state index is 0.105. The minimum Gasteiger partial charge on any atom is -0.473 e. The summed E-state index contributed by atoms with van der Waals surface area (Å²) >= 11 is 0. The second kappa shape index (κ2) is 9.30. The molecule has 5 heteroatoms. The molecule has 5 nitrogen and oxygen atoms in total. The average Bonchev–Trinajstić information content (AvgIpc) is 3.06. The summed E-state index contributed by atoms with van der Waals surface area (Å²) in [5, 5.41) is 2.76. The highest BCUT2D eigenvalue weighted by Crippen LogP contribution is 2.16. The van der Waals surface area contributed by atoms with Crippen LogP contribution in [-0.4, -0.2) is 48.1 Å². The van der Waals surface area contributed by atoms with Crippen LogP contribution in [-0.2, 0) is 0 Å². The van der Waals surface area contributed by atoms with Crippen LogP contribution in [0.4, 0.5) is 0 Å². The van der Waals surface area contributed by atoms with E-state index in [0.717, 1.165) is 32.5 Å². The third-order valence-corrected chi connectivity index (χ3v) is 3.98. The fourth-order valence-electron chi connectivity index (χ4n) is 2.76. The number of aromatic nitrogens is 1. The van der Waals surface area contributed by atoms with Gasteiger partial charge in [0.25, 0.3) is 5.91 Å². The smallest absolute Gasteiger partial charge is 0.252 e. The normalized spacial score (nSPS) is 16.0. The summed E-state index contributed by atoms with van der Waals surface area (Å²) in [6, 6.07) is 3.53. The standard InChI is InChI=1S/C18H27N3O2/c1-3-5-8-16(14-21-11-6-7-12-21)23-17-10-9-15(13-20-17)18(22)19-4-2/h3,9-10,13,16H,1,4-8,11-12,14H2,2H3,(H,19,22)/t16-/m1/s1. The molecule has 1 aromatic heterocycles. The van der Waals surface area contributed by atoms with Gasteiger partial charge in [0.2, 0.25) is 5.88 Å². The highest BCUT2D eigenvalue weighted by Gasteiger charge is 2.19. The van der Waals surface area contributed by atoms with E-state index in [1.807, 2.05) is 13.0 Å². The van der Waals surface area contributed by atoms with Gasteiger partial charge in [0.1, 0.15) is 6.10 Å². The number of pyridine rings is 1. The number of hydrogen-bond acceptors (Lipinski definition) is 4. The lowest BCUT2D eigenvalue weighted by Gasteiger charge is -2.23. The highest BCUT2D eigenvalue weighted by atomic mass is 16.5. The SMILES string of the molecule is C=CCC[C@H](CN1CCCC1)Oc1ccc(C(=O)NCC)cn1. The number of carbonyl (C=O) groups is 1. The molecule has 1 aromatic rings. The van der Waals surface area contributed by atoms with E-state index in [4.69, 9.17) is 4.74 Å². The molecule has 23 heavy (non-hydrogen) atoms. The van der Waals surface area contributed by atoms with Gasteiger partial charge < -0.3 is 10.1 Å². The van der Waals surface area contributed by atoms with Gasteiger partial charge in [-0.3, -0.25) is 9.69 Å². The first-order valence-electron chi connectivity index (χ1n) is 8.47. The molecule has 1 N–H and O–H groups in total. The van der Waals surface area contributed by atoms with Crippen LogP contribution in [0, 0.1) is 0 Å². The van der Waals surface area contributed by atoms with E-state index in [2.05, 4.69) is 21.8 Å². The van der Waals surface area contributed by atoms with Gasteiger partial charge in [-0.15, -0.1) is 6.58 Å². The molecule has 1 aliphatic heterocycles. The third kappa shape index (κ3) is 5.67. The van der Waals surface area contributed by atoms with Gasteiger partial charge in [-0.25, -0.2) is 4.98 Å². The Morgan fingerprint density at radius 3 is 2.87 bits per heavy atom. The summed E-state index contributed by atoms with van der Waals surface area (Å²) in [4.78, 5) is 18.5. The van der Waals surface area contributed by atoms with Gasteiger partial charge in [0.05, 0.1) is 5.56 Å². The molecule has 2 heterocycles. The fourth-order valence-corrected chi connectivity index (χ4v) is 2.76. The molecule has 1 aliphatic rings. The van der Waals surface area contributed by atoms with Gasteiger partial charge in [0.15, 0.2) is 0 Å². The van der Waals surface area contributed by atoms with Crippen molar-refractivity contribution in [2.45, 2.75) is 38.7 Å². The molecule has 0 aromatic carbocycles. The largest absolute Gasteiger partial charge is 0.473 e. The zero-order valence-electron chi connectivity index (χ0n) is 14.0. The maximum atomic E-state index is 11.7. The van der Waals surface area contributed by atoms with Crippen molar-refractivity contribution in [3.05, 3.63) is 36.5 Å². The molecule has 0 spiro atoms. The molecule has 0 radical (unpaired) electrons. The van der Waals surface area contributed by atoms with Crippen LogP contribution in [0.1, 0.15) is 43.0 Å². The molecule has 0 unspecified atom stereocenters. The van der Waals surface area contributed by atoms with Crippen LogP contribution in [0.2, 0.25) is 0 Å². The molecule has 1 fully saturated rings. The summed E-state index contributed by atoms with van der Waals surface area (Å²) in [5.41, 5.74) is 0.557. The number of hydrogen-bond donors (Lipinski definition) is 1. The van der Waals surface area contributed by atoms with Crippen molar-refractivity contribution >= 4 is 5.91 Å². The Morgan fingerprint density at radius 1 is 1.48 bits per heavy atom. The number of nitrogens with zero attached hydrogens (tertiary/aromatic N) is 2. The van der Waals surface area contributed by atoms with Crippen LogP contribution < -0.4 is 10.1 Å². The van der Waals surface area contributed by atoms with E-state index in [1.165, 1.54) is 12.8 Å². The number of carbonyl (C=O) groups excluding carboxylic acids is 1. The minimum atomic E-state index is -0.105. The second-order valence-electron chi connectivity index (χ2n) is 5.86. The Morgan fingerprint density at radius 2 is 2.26 bits per heavy atom. The first-order chi connectivity index (χ1) is 11.2. The van der Waals surface area contributed by atoms with Gasteiger partial charge >= 0.3 is 0 Å². The number of allylic oxidation sites excluding steroid dienone is 1. The van der Waals surface area contributed by atoms with E-state index in [9.17, 15) is 4.79 Å². The predicted molar refractivity (Wildman–Crippen MR) is 91.8 cm³/mol. The third-order valence-electron chi connectivity index (χ3n) is 3.98. The van der Waals surface area contributed by atoms with Crippen molar-refractivity contribution in [2.75, 3.05) is 26.2 Å². The Bertz CT molecular complexity index is 495. The first-order valence-corrected chi connectivity index (χ1v) is 8.47. The lowest BCUT2D eigenvalue weighted by molar-refractivity contribution is 0.0955. The van der Waals surface area contributed by atoms with Crippen molar-refractivity contribution < 1.29 is 9.53 Å². The van der Waals surface area contributed by atoms with Crippen molar-refractivity contribution in [1.82, 2.24) is 15.2 Å². The number of amides is 1. The highest BCUT2D eigenvalue weighted by molar-refractivity contribution is 5.93. The van der Waals surface area contributed by atoms with E-state index in [1.54, 1.807) is 18.3 Å². The van der Waals surface area contributed by atoms with Crippen LogP contribution in [0.15, 0.2) is 31.0 Å². The Labute approximate surface area is 138 Å². The van der Waals surface area contributed by atoms with Gasteiger partial charge in [-0.05, 0) is 51.8 Å². The quantitative estimate of drug-likeness (QED) is 0.711. The fraction of sp³-hybridized carbons (Fsp3) is 0.556. The summed E-state index contributed by atoms with van der Waals surface area (Å²) in [7, 11) is 0. The van der Waals surface area contributed by atoms with Crippen molar-refractivity contribution in [3.63, 3.8) is 0 Å². The zero-order chi connectivity index (χ0) is 16.5. The van der Waals surface area contributed by atoms with Crippen molar-refractivity contribution in [3.8, 4) is 5.88 Å². The molecule has 1 atom stereocenters. The molecular weight excluding hydrogens is 290 g/mol. The van der Waals surface area contributed by atoms with Crippen LogP contribution in [0.5, 0.6) is 5.88 Å². The summed E-state index contributed by atoms with van der Waals surface area (Å²) in [6.07, 6.45) is 8.00. The Kier molecular flexibility index (Phi) is 7.07. The second-order valence-corrected chi connectivity index (χ2v) is 5.86. The molecule has 0 bridgehead atoms. The summed E-state index contributed by atoms with van der Waals surface area (Å²) in [6.45, 7) is 9.52. The van der Waals surface area contributed by atoms with Gasteiger partial charge in [-0.1, -0.05) is 6.08 Å². The molecule has 0 saturated carbocycles. The number of likely N-dealkylation sites (tertiary alicyclic amines) is 1. The van der Waals surface area contributed by atoms with E-state index < -0.39 is 0 Å². The number of rotatable bonds is 9. The maximum absolute atomic E-state index is 11.7. The Hall–Kier alpha value is -1.88. The lowest BCUT2D eigenvalue weighted by Crippen LogP contribution is -2.34. The van der Waals surface area contributed by atoms with Gasteiger partial charge in [0, 0.05) is 25.4 Å². The summed E-state index contributed by atoms with van der Waals surface area (Å²) in [5.74, 6) is 0.470. The van der Waals surface area contributed by atoms with Crippen LogP contribution >= 0.6 is 0 Å². The van der Waals surface area contributed by atoms with Crippen molar-refractivity contribution in [1.29, 1.82) is 0 Å². The number of nitrogens with one attached hydrogen (secondary N) is 1. The van der Waals surface area contributed by atoms with E-state index in [0.29, 0.717) is 18.0 Å². The zero-order valence-corrected chi connectivity index (χ0v) is 14.0. The average molecular weight is 317 g/mol. The monoisotopic (exact) mass is 317 g/mol. The van der Waals surface area contributed by atoms with Crippen LogP contribution in [0.3, 0.4) is 0 Å². The lowest BCUT2D eigenvalue weighted by atomic mass is 10.2. The Balaban J connectivity index is 1.94. The molecule has 0 aliphatic carbocycles. The predicted octanol–water partition coefficient (Wildman–Crippen LogP) is 2.64. The first kappa shape index (κ1) is 17.5. The molecule has 2 rings (SSSR count). The summed E-state index contributed by atoms with van der Waals surface area (Å²) < 4.78 is 6.04. The molecule has 1 saturated heterocycles. The molecule has 126 valence electrons. The topological polar surface area (TPSA) is 54.5 Å². The number of ether oxygens (including phenoxy) is 1. The van der Waals surface area contributed by atoms with Crippen LogP contribution in [0.25, 0.3) is 0 Å². The molecular formula is C18H27N3O2. The van der Waals surface area contributed by atoms with E-state index in [-0.39, 0.29) is 12.0 Å². The maximum Gasteiger partial charge on any atom is 0.252 e. The van der Waals surface area contributed by atoms with Crippen molar-refractivity contribution in [2.24, 2.45) is 0 Å². The van der Waals surface area contributed by atoms with E-state index >= 15 is 0 Å².